The van der Waals surface area contributed by atoms with Crippen LogP contribution in [0, 0.1) is 0 Å². The average molecular weight is 557 g/mol. The molecule has 0 radical (unpaired) electrons. The maximum atomic E-state index is 12.5. The van der Waals surface area contributed by atoms with E-state index in [1.807, 2.05) is 12.1 Å². The zero-order valence-electron chi connectivity index (χ0n) is 20.1. The topological polar surface area (TPSA) is 38.8 Å². The maximum absolute atomic E-state index is 12.5. The van der Waals surface area contributed by atoms with Gasteiger partial charge in [-0.3, -0.25) is 9.69 Å². The lowest BCUT2D eigenvalue weighted by Crippen LogP contribution is -2.47. The first-order valence-corrected chi connectivity index (χ1v) is 13.6. The third-order valence-electron chi connectivity index (χ3n) is 6.74. The number of carbonyl (C=O) groups is 1. The molecule has 1 amide bonds. The fraction of sp³-hybridized carbons (Fsp3) is 0.519. The number of hydrogen-bond acceptors (Lipinski definition) is 5. The lowest BCUT2D eigenvalue weighted by Gasteiger charge is -2.36. The molecule has 4 rings (SSSR count). The molecule has 2 saturated heterocycles. The van der Waals surface area contributed by atoms with Crippen molar-refractivity contribution in [1.29, 1.82) is 0 Å². The molecule has 10 heteroatoms. The third-order valence-corrected chi connectivity index (χ3v) is 7.73. The summed E-state index contributed by atoms with van der Waals surface area (Å²) in [7, 11) is 0. The summed E-state index contributed by atoms with van der Waals surface area (Å²) in [4.78, 5) is 19.6. The number of hydrogen-bond donors (Lipinski definition) is 1. The predicted octanol–water partition coefficient (Wildman–Crippen LogP) is 6.28. The quantitative estimate of drug-likeness (QED) is 0.388. The van der Waals surface area contributed by atoms with Crippen LogP contribution in [0.5, 0.6) is 0 Å². The van der Waals surface area contributed by atoms with Gasteiger partial charge in [0.05, 0.1) is 0 Å². The van der Waals surface area contributed by atoms with Crippen LogP contribution < -0.4 is 15.1 Å². The highest BCUT2D eigenvalue weighted by Crippen LogP contribution is 2.37. The van der Waals surface area contributed by atoms with E-state index in [0.29, 0.717) is 6.42 Å². The Morgan fingerprint density at radius 2 is 1.43 bits per heavy atom. The highest BCUT2D eigenvalue weighted by molar-refractivity contribution is 8.00. The molecule has 2 aromatic rings. The smallest absolute Gasteiger partial charge is 0.371 e. The molecule has 2 aromatic carbocycles. The van der Waals surface area contributed by atoms with Crippen molar-refractivity contribution >= 4 is 40.6 Å². The molecule has 0 bridgehead atoms. The number of thioether (sulfide) groups is 1. The Hall–Kier alpha value is -2.10. The van der Waals surface area contributed by atoms with Gasteiger partial charge in [-0.25, -0.2) is 0 Å². The van der Waals surface area contributed by atoms with Crippen molar-refractivity contribution in [3.05, 3.63) is 53.6 Å². The number of piperidine rings is 1. The molecule has 0 aliphatic carbocycles. The van der Waals surface area contributed by atoms with Crippen LogP contribution in [0.1, 0.15) is 33.1 Å². The van der Waals surface area contributed by atoms with E-state index in [2.05, 4.69) is 32.1 Å². The predicted molar refractivity (Wildman–Crippen MR) is 148 cm³/mol. The van der Waals surface area contributed by atoms with E-state index in [4.69, 9.17) is 11.6 Å². The molecule has 2 aliphatic rings. The van der Waals surface area contributed by atoms with Crippen molar-refractivity contribution in [2.75, 3.05) is 55.6 Å². The zero-order valence-corrected chi connectivity index (χ0v) is 21.7. The van der Waals surface area contributed by atoms with Crippen molar-refractivity contribution < 1.29 is 18.0 Å². The minimum Gasteiger partial charge on any atom is -0.371 e. The van der Waals surface area contributed by atoms with Crippen LogP contribution in [0.2, 0.25) is 5.02 Å². The van der Waals surface area contributed by atoms with E-state index in [0.717, 1.165) is 75.8 Å². The van der Waals surface area contributed by atoms with Gasteiger partial charge in [-0.2, -0.15) is 13.2 Å². The van der Waals surface area contributed by atoms with Crippen LogP contribution in [-0.2, 0) is 4.79 Å². The van der Waals surface area contributed by atoms with E-state index in [-0.39, 0.29) is 36.0 Å². The van der Waals surface area contributed by atoms with Crippen LogP contribution in [0.15, 0.2) is 53.4 Å². The van der Waals surface area contributed by atoms with Gasteiger partial charge in [0, 0.05) is 73.0 Å². The minimum atomic E-state index is -4.27. The van der Waals surface area contributed by atoms with Crippen molar-refractivity contribution in [3.63, 3.8) is 0 Å². The van der Waals surface area contributed by atoms with E-state index in [9.17, 15) is 18.0 Å². The number of benzene rings is 2. The first-order valence-electron chi connectivity index (χ1n) is 12.4. The third kappa shape index (κ3) is 9.30. The molecule has 0 saturated carbocycles. The lowest BCUT2D eigenvalue weighted by atomic mass is 10.0. The molecule has 204 valence electrons. The molecule has 0 aromatic heterocycles. The van der Waals surface area contributed by atoms with Crippen molar-refractivity contribution in [3.8, 4) is 0 Å². The van der Waals surface area contributed by atoms with Crippen molar-refractivity contribution in [2.24, 2.45) is 0 Å². The summed E-state index contributed by atoms with van der Waals surface area (Å²) in [6.07, 6.45) is 3.03. The van der Waals surface area contributed by atoms with Gasteiger partial charge in [0.25, 0.3) is 0 Å². The molecule has 0 spiro atoms. The molecule has 2 heterocycles. The van der Waals surface area contributed by atoms with Crippen molar-refractivity contribution in [2.45, 2.75) is 49.6 Å². The van der Waals surface area contributed by atoms with Crippen LogP contribution in [0.4, 0.5) is 24.5 Å². The van der Waals surface area contributed by atoms with Gasteiger partial charge in [0.2, 0.25) is 5.91 Å². The second-order valence-electron chi connectivity index (χ2n) is 9.28. The van der Waals surface area contributed by atoms with Crippen LogP contribution in [-0.4, -0.2) is 68.2 Å². The Balaban J connectivity index is 0.00000380. The standard InChI is InChI=1S/C26H32ClF3N4OS.CH4/c27-20-3-5-22(6-4-20)34-18-16-32(17-19-34)13-1-2-25(35)31-21-11-14-33(15-12-21)23-7-9-24(10-8-23)36-26(28,29)30;/h3-10,21H,1-2,11-19H2,(H,31,35);1H4. The number of piperazine rings is 1. The Morgan fingerprint density at radius 1 is 0.892 bits per heavy atom. The van der Waals surface area contributed by atoms with E-state index < -0.39 is 5.51 Å². The molecular weight excluding hydrogens is 521 g/mol. The molecule has 37 heavy (non-hydrogen) atoms. The highest BCUT2D eigenvalue weighted by Gasteiger charge is 2.29. The number of nitrogens with one attached hydrogen (secondary N) is 1. The first kappa shape index (κ1) is 29.5. The second kappa shape index (κ2) is 13.6. The molecule has 0 atom stereocenters. The zero-order chi connectivity index (χ0) is 25.5. The van der Waals surface area contributed by atoms with E-state index >= 15 is 0 Å². The molecule has 0 unspecified atom stereocenters. The van der Waals surface area contributed by atoms with E-state index in [1.54, 1.807) is 12.1 Å². The maximum Gasteiger partial charge on any atom is 0.446 e. The summed E-state index contributed by atoms with van der Waals surface area (Å²) >= 11 is 5.88. The van der Waals surface area contributed by atoms with Gasteiger partial charge in [-0.15, -0.1) is 0 Å². The summed E-state index contributed by atoms with van der Waals surface area (Å²) in [5.74, 6) is 0.0989. The number of nitrogens with zero attached hydrogens (tertiary/aromatic N) is 3. The fourth-order valence-electron chi connectivity index (χ4n) is 4.79. The Bertz CT molecular complexity index is 975. The van der Waals surface area contributed by atoms with Crippen LogP contribution in [0.3, 0.4) is 0 Å². The summed E-state index contributed by atoms with van der Waals surface area (Å²) in [6.45, 7) is 6.37. The van der Waals surface area contributed by atoms with Gasteiger partial charge < -0.3 is 15.1 Å². The monoisotopic (exact) mass is 556 g/mol. The number of alkyl halides is 3. The first-order chi connectivity index (χ1) is 17.2. The summed E-state index contributed by atoms with van der Waals surface area (Å²) in [5, 5.41) is 3.91. The second-order valence-corrected chi connectivity index (χ2v) is 10.9. The molecule has 2 fully saturated rings. The number of rotatable bonds is 8. The highest BCUT2D eigenvalue weighted by atomic mass is 35.5. The van der Waals surface area contributed by atoms with Crippen LogP contribution >= 0.6 is 23.4 Å². The molecular formula is C27H36ClF3N4OS. The number of anilines is 2. The summed E-state index contributed by atoms with van der Waals surface area (Å²) in [6, 6.07) is 14.6. The summed E-state index contributed by atoms with van der Waals surface area (Å²) < 4.78 is 37.5. The Morgan fingerprint density at radius 3 is 2.00 bits per heavy atom. The molecule has 2 aliphatic heterocycles. The van der Waals surface area contributed by atoms with Gasteiger partial charge in [0.1, 0.15) is 0 Å². The summed E-state index contributed by atoms with van der Waals surface area (Å²) in [5.41, 5.74) is -2.16. The Kier molecular flexibility index (Phi) is 10.8. The van der Waals surface area contributed by atoms with Crippen molar-refractivity contribution in [1.82, 2.24) is 10.2 Å². The SMILES string of the molecule is C.O=C(CCCN1CCN(c2ccc(Cl)cc2)CC1)NC1CCN(c2ccc(SC(F)(F)F)cc2)CC1. The number of amides is 1. The largest absolute Gasteiger partial charge is 0.446 e. The van der Waals surface area contributed by atoms with Crippen LogP contribution in [0.25, 0.3) is 0 Å². The molecule has 5 nitrogen and oxygen atoms in total. The Labute approximate surface area is 227 Å². The van der Waals surface area contributed by atoms with Gasteiger partial charge >= 0.3 is 5.51 Å². The fourth-order valence-corrected chi connectivity index (χ4v) is 5.45. The average Bonchev–Trinajstić information content (AvgIpc) is 2.85. The van der Waals surface area contributed by atoms with E-state index in [1.165, 1.54) is 17.8 Å². The molecule has 1 N–H and O–H groups in total. The van der Waals surface area contributed by atoms with Gasteiger partial charge in [0.15, 0.2) is 0 Å². The normalized spacial score (nSPS) is 17.4. The minimum absolute atomic E-state index is 0. The lowest BCUT2D eigenvalue weighted by molar-refractivity contribution is -0.122. The van der Waals surface area contributed by atoms with Gasteiger partial charge in [-0.1, -0.05) is 19.0 Å². The van der Waals surface area contributed by atoms with Gasteiger partial charge in [-0.05, 0) is 86.1 Å². The number of halogens is 4. The number of carbonyl (C=O) groups excluding carboxylic acids is 1.